The van der Waals surface area contributed by atoms with Gasteiger partial charge in [0.1, 0.15) is 5.82 Å². The van der Waals surface area contributed by atoms with Gasteiger partial charge in [-0.2, -0.15) is 9.49 Å². The fourth-order valence-electron chi connectivity index (χ4n) is 3.62. The third kappa shape index (κ3) is 6.39. The number of carbonyl (C=O) groups is 2. The zero-order chi connectivity index (χ0) is 24.9. The first-order valence-electron chi connectivity index (χ1n) is 11.6. The van der Waals surface area contributed by atoms with Crippen LogP contribution in [0.5, 0.6) is 0 Å². The van der Waals surface area contributed by atoms with Gasteiger partial charge in [-0.1, -0.05) is 30.3 Å². The number of aromatic amines is 1. The first kappa shape index (κ1) is 24.3. The number of pyridine rings is 1. The van der Waals surface area contributed by atoms with Crippen LogP contribution in [0.2, 0.25) is 0 Å². The van der Waals surface area contributed by atoms with E-state index in [1.54, 1.807) is 43.3 Å². The molecule has 9 heteroatoms. The molecule has 1 aliphatic rings. The molecule has 2 amide bonds. The lowest BCUT2D eigenvalue weighted by molar-refractivity contribution is -0.117. The van der Waals surface area contributed by atoms with E-state index >= 15 is 0 Å². The van der Waals surface area contributed by atoms with Crippen LogP contribution in [0.1, 0.15) is 42.9 Å². The maximum absolute atomic E-state index is 14.8. The van der Waals surface area contributed by atoms with Crippen molar-refractivity contribution < 1.29 is 14.0 Å². The van der Waals surface area contributed by atoms with E-state index in [2.05, 4.69) is 25.8 Å². The number of nitrogens with one attached hydrogen (secondary N) is 3. The molecule has 0 spiro atoms. The average Bonchev–Trinajstić information content (AvgIpc) is 3.57. The molecule has 3 N–H and O–H groups in total. The third-order valence-corrected chi connectivity index (χ3v) is 5.80. The van der Waals surface area contributed by atoms with Crippen molar-refractivity contribution in [1.29, 1.82) is 0 Å². The highest BCUT2D eigenvalue weighted by molar-refractivity contribution is 5.98. The largest absolute Gasteiger partial charge is 0.309 e. The normalized spacial score (nSPS) is 14.3. The molecule has 0 saturated heterocycles. The first-order valence-corrected chi connectivity index (χ1v) is 11.6. The number of hydrogen-bond donors (Lipinski definition) is 3. The molecule has 8 nitrogen and oxygen atoms in total. The predicted molar refractivity (Wildman–Crippen MR) is 134 cm³/mol. The second-order valence-electron chi connectivity index (χ2n) is 9.01. The van der Waals surface area contributed by atoms with Crippen LogP contribution in [0.4, 0.5) is 16.0 Å². The zero-order valence-corrected chi connectivity index (χ0v) is 20.0. The summed E-state index contributed by atoms with van der Waals surface area (Å²) in [6.45, 7) is 2.41. The Morgan fingerprint density at radius 2 is 1.97 bits per heavy atom. The van der Waals surface area contributed by atoms with Crippen LogP contribution >= 0.6 is 0 Å². The summed E-state index contributed by atoms with van der Waals surface area (Å²) >= 11 is 0. The SMILES string of the molecule is CC(C(=O)Nc1cc(C2CC2)[nH]n1)c1cccc(-c2ccc(NC(=O)C=CCN(C)C)nc2F)c1. The van der Waals surface area contributed by atoms with E-state index in [4.69, 9.17) is 0 Å². The Morgan fingerprint density at radius 3 is 2.69 bits per heavy atom. The molecule has 1 aromatic carbocycles. The number of carbonyl (C=O) groups excluding carboxylic acids is 2. The number of rotatable bonds is 9. The summed E-state index contributed by atoms with van der Waals surface area (Å²) in [4.78, 5) is 30.6. The molecule has 35 heavy (non-hydrogen) atoms. The highest BCUT2D eigenvalue weighted by Crippen LogP contribution is 2.39. The first-order chi connectivity index (χ1) is 16.8. The van der Waals surface area contributed by atoms with Crippen LogP contribution in [0.15, 0.2) is 54.6 Å². The highest BCUT2D eigenvalue weighted by Gasteiger charge is 2.26. The number of likely N-dealkylation sites (N-methyl/N-ethyl adjacent to an activating group) is 1. The quantitative estimate of drug-likeness (QED) is 0.316. The Labute approximate surface area is 203 Å². The van der Waals surface area contributed by atoms with Crippen LogP contribution in [-0.4, -0.2) is 52.5 Å². The van der Waals surface area contributed by atoms with Crippen molar-refractivity contribution in [3.8, 4) is 11.1 Å². The number of hydrogen-bond acceptors (Lipinski definition) is 5. The van der Waals surface area contributed by atoms with E-state index in [1.807, 2.05) is 31.1 Å². The van der Waals surface area contributed by atoms with Crippen molar-refractivity contribution in [1.82, 2.24) is 20.1 Å². The van der Waals surface area contributed by atoms with Gasteiger partial charge in [-0.15, -0.1) is 0 Å². The van der Waals surface area contributed by atoms with Crippen molar-refractivity contribution in [3.63, 3.8) is 0 Å². The van der Waals surface area contributed by atoms with Gasteiger partial charge < -0.3 is 15.5 Å². The number of halogens is 1. The monoisotopic (exact) mass is 476 g/mol. The summed E-state index contributed by atoms with van der Waals surface area (Å²) in [5.41, 5.74) is 2.65. The number of amides is 2. The predicted octanol–water partition coefficient (Wildman–Crippen LogP) is 4.29. The molecule has 0 bridgehead atoms. The van der Waals surface area contributed by atoms with Crippen molar-refractivity contribution >= 4 is 23.5 Å². The van der Waals surface area contributed by atoms with E-state index in [1.165, 1.54) is 6.08 Å². The van der Waals surface area contributed by atoms with Crippen molar-refractivity contribution in [2.75, 3.05) is 31.3 Å². The van der Waals surface area contributed by atoms with Gasteiger partial charge in [0, 0.05) is 35.9 Å². The van der Waals surface area contributed by atoms with Gasteiger partial charge in [-0.25, -0.2) is 4.98 Å². The molecule has 0 radical (unpaired) electrons. The van der Waals surface area contributed by atoms with E-state index in [9.17, 15) is 14.0 Å². The molecule has 182 valence electrons. The molecule has 1 atom stereocenters. The van der Waals surface area contributed by atoms with Crippen LogP contribution < -0.4 is 10.6 Å². The van der Waals surface area contributed by atoms with Gasteiger partial charge in [0.2, 0.25) is 17.8 Å². The summed E-state index contributed by atoms with van der Waals surface area (Å²) < 4.78 is 14.8. The fraction of sp³-hybridized carbons (Fsp3) is 0.308. The van der Waals surface area contributed by atoms with Crippen LogP contribution in [0, 0.1) is 5.95 Å². The maximum atomic E-state index is 14.8. The minimum atomic E-state index is -0.710. The Balaban J connectivity index is 1.43. The summed E-state index contributed by atoms with van der Waals surface area (Å²) in [5.74, 6) is -0.615. The van der Waals surface area contributed by atoms with E-state index < -0.39 is 11.9 Å². The summed E-state index contributed by atoms with van der Waals surface area (Å²) in [7, 11) is 3.79. The standard InChI is InChI=1S/C26H29FN6O2/c1-16(26(35)30-23-15-21(31-32-23)17-9-10-17)18-6-4-7-19(14-18)20-11-12-22(29-25(20)27)28-24(34)8-5-13-33(2)3/h4-8,11-12,14-17H,9-10,13H2,1-3H3,(H,28,29,34)(H2,30,31,32,35). The maximum Gasteiger partial charge on any atom is 0.249 e. The molecule has 1 unspecified atom stereocenters. The lowest BCUT2D eigenvalue weighted by atomic mass is 9.96. The topological polar surface area (TPSA) is 103 Å². The smallest absolute Gasteiger partial charge is 0.249 e. The van der Waals surface area contributed by atoms with Crippen molar-refractivity contribution in [2.24, 2.45) is 0 Å². The molecular formula is C26H29FN6O2. The molecule has 4 rings (SSSR count). The summed E-state index contributed by atoms with van der Waals surface area (Å²) in [6.07, 6.45) is 5.39. The molecule has 0 aliphatic heterocycles. The van der Waals surface area contributed by atoms with E-state index in [0.717, 1.165) is 24.1 Å². The number of nitrogens with zero attached hydrogens (tertiary/aromatic N) is 3. The molecule has 1 saturated carbocycles. The van der Waals surface area contributed by atoms with Crippen LogP contribution in [0.3, 0.4) is 0 Å². The fourth-order valence-corrected chi connectivity index (χ4v) is 3.62. The number of aromatic nitrogens is 3. The van der Waals surface area contributed by atoms with E-state index in [0.29, 0.717) is 23.8 Å². The van der Waals surface area contributed by atoms with Gasteiger partial charge in [-0.05, 0) is 57.1 Å². The Hall–Kier alpha value is -3.85. The van der Waals surface area contributed by atoms with Gasteiger partial charge in [0.05, 0.1) is 5.92 Å². The van der Waals surface area contributed by atoms with Gasteiger partial charge in [0.25, 0.3) is 0 Å². The minimum absolute atomic E-state index is 0.124. The molecule has 2 aromatic heterocycles. The Morgan fingerprint density at radius 1 is 1.17 bits per heavy atom. The molecular weight excluding hydrogens is 447 g/mol. The molecule has 1 aliphatic carbocycles. The number of H-pyrrole nitrogens is 1. The number of anilines is 2. The van der Waals surface area contributed by atoms with Gasteiger partial charge in [0.15, 0.2) is 5.82 Å². The van der Waals surface area contributed by atoms with Crippen molar-refractivity contribution in [3.05, 3.63) is 71.8 Å². The van der Waals surface area contributed by atoms with Crippen LogP contribution in [0.25, 0.3) is 11.1 Å². The summed E-state index contributed by atoms with van der Waals surface area (Å²) in [5, 5.41) is 12.5. The van der Waals surface area contributed by atoms with Crippen molar-refractivity contribution in [2.45, 2.75) is 31.6 Å². The third-order valence-electron chi connectivity index (χ3n) is 5.80. The van der Waals surface area contributed by atoms with Gasteiger partial charge >= 0.3 is 0 Å². The summed E-state index contributed by atoms with van der Waals surface area (Å²) in [6, 6.07) is 12.1. The highest BCUT2D eigenvalue weighted by atomic mass is 19.1. The lowest BCUT2D eigenvalue weighted by Gasteiger charge is -2.13. The second-order valence-corrected chi connectivity index (χ2v) is 9.01. The minimum Gasteiger partial charge on any atom is -0.309 e. The van der Waals surface area contributed by atoms with Gasteiger partial charge in [-0.3, -0.25) is 14.7 Å². The Kier molecular flexibility index (Phi) is 7.36. The molecule has 3 aromatic rings. The molecule has 2 heterocycles. The average molecular weight is 477 g/mol. The second kappa shape index (κ2) is 10.6. The lowest BCUT2D eigenvalue weighted by Crippen LogP contribution is -2.19. The number of benzene rings is 1. The Bertz CT molecular complexity index is 1250. The zero-order valence-electron chi connectivity index (χ0n) is 20.0. The van der Waals surface area contributed by atoms with Crippen LogP contribution in [-0.2, 0) is 9.59 Å². The molecule has 1 fully saturated rings. The van der Waals surface area contributed by atoms with E-state index in [-0.39, 0.29) is 23.2 Å².